The van der Waals surface area contributed by atoms with Gasteiger partial charge in [-0.2, -0.15) is 0 Å². The number of nitrogens with zero attached hydrogens (tertiary/aromatic N) is 1. The van der Waals surface area contributed by atoms with Gasteiger partial charge in [0, 0.05) is 35.4 Å². The van der Waals surface area contributed by atoms with Crippen molar-refractivity contribution in [2.24, 2.45) is 0 Å². The average Bonchev–Trinajstić information content (AvgIpc) is 2.49. The molecule has 1 N–H and O–H groups in total. The Morgan fingerprint density at radius 2 is 1.82 bits per heavy atom. The monoisotopic (exact) mass is 354 g/mol. The number of thioether (sulfide) groups is 1. The Labute approximate surface area is 144 Å². The van der Waals surface area contributed by atoms with E-state index in [4.69, 9.17) is 23.2 Å². The molecule has 0 atom stereocenters. The number of hydrogen-bond donors (Lipinski definition) is 1. The molecule has 0 aliphatic rings. The van der Waals surface area contributed by atoms with Crippen LogP contribution in [0.4, 0.5) is 11.4 Å². The molecule has 116 valence electrons. The number of carbonyl (C=O) groups excluding carboxylic acids is 1. The van der Waals surface area contributed by atoms with Gasteiger partial charge in [0.15, 0.2) is 0 Å². The second-order valence-corrected chi connectivity index (χ2v) is 6.71. The standard InChI is InChI=1S/C16H16Cl2N2OS/c1-20(2)13-6-4-12(5-7-13)19-16(21)10-22-15-9-11(17)3-8-14(15)18/h3-9H,10H2,1-2H3,(H,19,21). The fraction of sp³-hybridized carbons (Fsp3) is 0.188. The van der Waals surface area contributed by atoms with Crippen molar-refractivity contribution in [1.82, 2.24) is 0 Å². The molecule has 0 aliphatic carbocycles. The normalized spacial score (nSPS) is 10.4. The van der Waals surface area contributed by atoms with E-state index in [-0.39, 0.29) is 11.7 Å². The molecule has 2 aromatic rings. The van der Waals surface area contributed by atoms with Crippen LogP contribution in [-0.2, 0) is 4.79 Å². The van der Waals surface area contributed by atoms with Crippen molar-refractivity contribution in [3.05, 3.63) is 52.5 Å². The predicted molar refractivity (Wildman–Crippen MR) is 96.6 cm³/mol. The number of halogens is 2. The first-order valence-corrected chi connectivity index (χ1v) is 8.35. The first kappa shape index (κ1) is 17.0. The van der Waals surface area contributed by atoms with Gasteiger partial charge in [-0.05, 0) is 42.5 Å². The maximum absolute atomic E-state index is 12.0. The molecule has 0 unspecified atom stereocenters. The van der Waals surface area contributed by atoms with Crippen LogP contribution in [0, 0.1) is 0 Å². The Bertz CT molecular complexity index is 660. The van der Waals surface area contributed by atoms with E-state index >= 15 is 0 Å². The molecular formula is C16H16Cl2N2OS. The van der Waals surface area contributed by atoms with Gasteiger partial charge in [0.2, 0.25) is 5.91 Å². The molecule has 0 radical (unpaired) electrons. The molecule has 3 nitrogen and oxygen atoms in total. The molecule has 0 saturated carbocycles. The van der Waals surface area contributed by atoms with E-state index in [1.54, 1.807) is 18.2 Å². The van der Waals surface area contributed by atoms with E-state index < -0.39 is 0 Å². The van der Waals surface area contributed by atoms with Crippen molar-refractivity contribution in [3.63, 3.8) is 0 Å². The summed E-state index contributed by atoms with van der Waals surface area (Å²) in [4.78, 5) is 14.8. The average molecular weight is 355 g/mol. The van der Waals surface area contributed by atoms with Gasteiger partial charge in [0.05, 0.1) is 10.8 Å². The van der Waals surface area contributed by atoms with Crippen LogP contribution < -0.4 is 10.2 Å². The van der Waals surface area contributed by atoms with Gasteiger partial charge in [-0.25, -0.2) is 0 Å². The number of anilines is 2. The van der Waals surface area contributed by atoms with Crippen LogP contribution in [0.2, 0.25) is 10.0 Å². The van der Waals surface area contributed by atoms with E-state index in [0.29, 0.717) is 10.0 Å². The Kier molecular flexibility index (Phi) is 6.00. The lowest BCUT2D eigenvalue weighted by Crippen LogP contribution is -2.14. The zero-order valence-electron chi connectivity index (χ0n) is 12.3. The molecule has 22 heavy (non-hydrogen) atoms. The summed E-state index contributed by atoms with van der Waals surface area (Å²) < 4.78 is 0. The van der Waals surface area contributed by atoms with Gasteiger partial charge in [0.25, 0.3) is 0 Å². The molecule has 0 heterocycles. The van der Waals surface area contributed by atoms with E-state index in [1.165, 1.54) is 11.8 Å². The topological polar surface area (TPSA) is 32.3 Å². The Morgan fingerprint density at radius 3 is 2.45 bits per heavy atom. The van der Waals surface area contributed by atoms with Crippen molar-refractivity contribution in [3.8, 4) is 0 Å². The number of hydrogen-bond acceptors (Lipinski definition) is 3. The predicted octanol–water partition coefficient (Wildman–Crippen LogP) is 4.79. The van der Waals surface area contributed by atoms with Crippen LogP contribution in [0.1, 0.15) is 0 Å². The minimum absolute atomic E-state index is 0.0846. The Hall–Kier alpha value is -1.36. The van der Waals surface area contributed by atoms with Crippen molar-refractivity contribution in [2.45, 2.75) is 4.90 Å². The third kappa shape index (κ3) is 4.83. The summed E-state index contributed by atoms with van der Waals surface area (Å²) in [5.74, 6) is 0.189. The summed E-state index contributed by atoms with van der Waals surface area (Å²) in [6.45, 7) is 0. The maximum atomic E-state index is 12.0. The van der Waals surface area contributed by atoms with Gasteiger partial charge in [-0.15, -0.1) is 11.8 Å². The molecule has 0 saturated heterocycles. The number of rotatable bonds is 5. The number of nitrogens with one attached hydrogen (secondary N) is 1. The third-order valence-electron chi connectivity index (χ3n) is 2.92. The highest BCUT2D eigenvalue weighted by molar-refractivity contribution is 8.00. The highest BCUT2D eigenvalue weighted by Crippen LogP contribution is 2.29. The highest BCUT2D eigenvalue weighted by atomic mass is 35.5. The first-order valence-electron chi connectivity index (χ1n) is 6.61. The van der Waals surface area contributed by atoms with Gasteiger partial charge in [-0.1, -0.05) is 23.2 Å². The second kappa shape index (κ2) is 7.77. The van der Waals surface area contributed by atoms with Crippen molar-refractivity contribution < 1.29 is 4.79 Å². The van der Waals surface area contributed by atoms with Crippen molar-refractivity contribution in [2.75, 3.05) is 30.1 Å². The molecule has 0 aromatic heterocycles. The van der Waals surface area contributed by atoms with Crippen molar-refractivity contribution in [1.29, 1.82) is 0 Å². The lowest BCUT2D eigenvalue weighted by atomic mass is 10.2. The summed E-state index contributed by atoms with van der Waals surface area (Å²) >= 11 is 13.4. The molecule has 2 rings (SSSR count). The molecule has 1 amide bonds. The van der Waals surface area contributed by atoms with E-state index in [1.807, 2.05) is 43.3 Å². The summed E-state index contributed by atoms with van der Waals surface area (Å²) in [7, 11) is 3.94. The maximum Gasteiger partial charge on any atom is 0.234 e. The van der Waals surface area contributed by atoms with Crippen LogP contribution in [0.15, 0.2) is 47.4 Å². The molecule has 0 aliphatic heterocycles. The van der Waals surface area contributed by atoms with Crippen LogP contribution >= 0.6 is 35.0 Å². The van der Waals surface area contributed by atoms with E-state index in [2.05, 4.69) is 5.32 Å². The fourth-order valence-electron chi connectivity index (χ4n) is 1.77. The van der Waals surface area contributed by atoms with Crippen molar-refractivity contribution >= 4 is 52.2 Å². The summed E-state index contributed by atoms with van der Waals surface area (Å²) in [6, 6.07) is 12.9. The lowest BCUT2D eigenvalue weighted by Gasteiger charge is -2.13. The number of amides is 1. The zero-order chi connectivity index (χ0) is 16.1. The van der Waals surface area contributed by atoms with Crippen LogP contribution in [-0.4, -0.2) is 25.8 Å². The SMILES string of the molecule is CN(C)c1ccc(NC(=O)CSc2cc(Cl)ccc2Cl)cc1. The van der Waals surface area contributed by atoms with Crippen LogP contribution in [0.25, 0.3) is 0 Å². The highest BCUT2D eigenvalue weighted by Gasteiger charge is 2.07. The molecule has 0 spiro atoms. The van der Waals surface area contributed by atoms with Crippen LogP contribution in [0.5, 0.6) is 0 Å². The van der Waals surface area contributed by atoms with Crippen LogP contribution in [0.3, 0.4) is 0 Å². The smallest absolute Gasteiger partial charge is 0.234 e. The Morgan fingerprint density at radius 1 is 1.14 bits per heavy atom. The largest absolute Gasteiger partial charge is 0.378 e. The number of carbonyl (C=O) groups is 1. The quantitative estimate of drug-likeness (QED) is 0.783. The summed E-state index contributed by atoms with van der Waals surface area (Å²) in [5, 5.41) is 4.06. The van der Waals surface area contributed by atoms with E-state index in [0.717, 1.165) is 16.3 Å². The molecule has 0 fully saturated rings. The minimum Gasteiger partial charge on any atom is -0.378 e. The summed E-state index contributed by atoms with van der Waals surface area (Å²) in [6.07, 6.45) is 0. The minimum atomic E-state index is -0.0846. The second-order valence-electron chi connectivity index (χ2n) is 4.85. The molecule has 0 bridgehead atoms. The first-order chi connectivity index (χ1) is 10.5. The molecular weight excluding hydrogens is 339 g/mol. The van der Waals surface area contributed by atoms with E-state index in [9.17, 15) is 4.79 Å². The molecule has 6 heteroatoms. The van der Waals surface area contributed by atoms with Gasteiger partial charge >= 0.3 is 0 Å². The molecule has 2 aromatic carbocycles. The number of benzene rings is 2. The lowest BCUT2D eigenvalue weighted by molar-refractivity contribution is -0.113. The van der Waals surface area contributed by atoms with Gasteiger partial charge < -0.3 is 10.2 Å². The van der Waals surface area contributed by atoms with Gasteiger partial charge in [-0.3, -0.25) is 4.79 Å². The third-order valence-corrected chi connectivity index (χ3v) is 4.65. The summed E-state index contributed by atoms with van der Waals surface area (Å²) in [5.41, 5.74) is 1.85. The Balaban J connectivity index is 1.91. The fourth-order valence-corrected chi connectivity index (χ4v) is 3.06. The van der Waals surface area contributed by atoms with Gasteiger partial charge in [0.1, 0.15) is 0 Å². The zero-order valence-corrected chi connectivity index (χ0v) is 14.6.